The molecule has 0 atom stereocenters. The van der Waals surface area contributed by atoms with Gasteiger partial charge in [-0.15, -0.1) is 0 Å². The fraction of sp³-hybridized carbons (Fsp3) is 0.348. The number of benzene rings is 2. The summed E-state index contributed by atoms with van der Waals surface area (Å²) in [6.45, 7) is -2.80. The number of hydrogen-bond acceptors (Lipinski definition) is 6. The molecule has 2 amide bonds. The quantitative estimate of drug-likeness (QED) is 0.274. The molecule has 3 aromatic rings. The lowest BCUT2D eigenvalue weighted by atomic mass is 10.1. The zero-order chi connectivity index (χ0) is 28.9. The third kappa shape index (κ3) is 7.83. The van der Waals surface area contributed by atoms with Crippen molar-refractivity contribution in [2.75, 3.05) is 32.2 Å². The van der Waals surface area contributed by atoms with Gasteiger partial charge in [-0.25, -0.2) is 13.8 Å². The number of hydrogen-bond donors (Lipinski definition) is 3. The maximum absolute atomic E-state index is 12.8. The smallest absolute Gasteiger partial charge is 0.405 e. The van der Waals surface area contributed by atoms with Gasteiger partial charge in [0, 0.05) is 26.8 Å². The first-order valence-corrected chi connectivity index (χ1v) is 11.8. The van der Waals surface area contributed by atoms with Gasteiger partial charge in [-0.2, -0.15) is 13.2 Å². The van der Waals surface area contributed by atoms with Crippen LogP contribution in [0.15, 0.2) is 24.3 Å². The highest BCUT2D eigenvalue weighted by atomic mass is 35.5. The number of carbonyl (C=O) groups is 2. The largest absolute Gasteiger partial charge is 0.487 e. The maximum Gasteiger partial charge on any atom is 0.405 e. The van der Waals surface area contributed by atoms with Crippen LogP contribution in [0.1, 0.15) is 15.9 Å². The van der Waals surface area contributed by atoms with E-state index in [9.17, 15) is 31.5 Å². The number of fused-ring (bicyclic) bond motifs is 1. The van der Waals surface area contributed by atoms with Gasteiger partial charge in [-0.3, -0.25) is 9.59 Å². The summed E-state index contributed by atoms with van der Waals surface area (Å²) in [6, 6.07) is 5.48. The number of aromatic nitrogens is 2. The molecule has 0 bridgehead atoms. The topological polar surface area (TPSA) is 107 Å². The van der Waals surface area contributed by atoms with Crippen molar-refractivity contribution in [2.24, 2.45) is 7.05 Å². The Morgan fingerprint density at radius 1 is 1.15 bits per heavy atom. The minimum atomic E-state index is -4.69. The van der Waals surface area contributed by atoms with E-state index >= 15 is 0 Å². The number of nitrogens with one attached hydrogen (secondary N) is 3. The first-order chi connectivity index (χ1) is 18.3. The molecular weight excluding hydrogens is 576 g/mol. The predicted octanol–water partition coefficient (Wildman–Crippen LogP) is 4.82. The average molecular weight is 598 g/mol. The van der Waals surface area contributed by atoms with Crippen LogP contribution < -0.4 is 20.7 Å². The normalized spacial score (nSPS) is 11.6. The van der Waals surface area contributed by atoms with Gasteiger partial charge in [0.15, 0.2) is 0 Å². The molecule has 0 aliphatic rings. The molecule has 1 heterocycles. The molecular formula is C23H22Cl2F5N5O4. The number of ether oxygens (including phenoxy) is 2. The van der Waals surface area contributed by atoms with Crippen LogP contribution >= 0.6 is 23.2 Å². The average Bonchev–Trinajstić information content (AvgIpc) is 3.16. The van der Waals surface area contributed by atoms with Crippen molar-refractivity contribution >= 4 is 57.7 Å². The minimum Gasteiger partial charge on any atom is -0.487 e. The van der Waals surface area contributed by atoms with E-state index in [4.69, 9.17) is 32.7 Å². The number of aryl methyl sites for hydroxylation is 1. The van der Waals surface area contributed by atoms with E-state index < -0.39 is 37.2 Å². The van der Waals surface area contributed by atoms with Gasteiger partial charge in [0.1, 0.15) is 25.5 Å². The van der Waals surface area contributed by atoms with Gasteiger partial charge >= 0.3 is 6.18 Å². The summed E-state index contributed by atoms with van der Waals surface area (Å²) in [6.07, 6.45) is -7.59. The van der Waals surface area contributed by atoms with E-state index in [0.717, 1.165) is 6.07 Å². The molecule has 0 aliphatic carbocycles. The molecule has 0 aliphatic heterocycles. The van der Waals surface area contributed by atoms with Crippen molar-refractivity contribution in [3.8, 4) is 5.75 Å². The highest BCUT2D eigenvalue weighted by Crippen LogP contribution is 2.36. The molecule has 212 valence electrons. The van der Waals surface area contributed by atoms with Gasteiger partial charge in [-0.05, 0) is 17.7 Å². The molecule has 16 heteroatoms. The first-order valence-electron chi connectivity index (χ1n) is 11.1. The zero-order valence-electron chi connectivity index (χ0n) is 20.4. The Morgan fingerprint density at radius 2 is 1.87 bits per heavy atom. The van der Waals surface area contributed by atoms with Gasteiger partial charge in [0.25, 0.3) is 12.3 Å². The van der Waals surface area contributed by atoms with E-state index in [1.54, 1.807) is 18.4 Å². The summed E-state index contributed by atoms with van der Waals surface area (Å²) in [5, 5.41) is 7.64. The van der Waals surface area contributed by atoms with Crippen LogP contribution in [0, 0.1) is 0 Å². The number of amides is 2. The number of nitrogens with zero attached hydrogens (tertiary/aromatic N) is 2. The number of halogens is 7. The second kappa shape index (κ2) is 12.7. The van der Waals surface area contributed by atoms with Crippen LogP contribution in [-0.4, -0.2) is 60.8 Å². The lowest BCUT2D eigenvalue weighted by Gasteiger charge is -2.14. The van der Waals surface area contributed by atoms with Crippen molar-refractivity contribution < 1.29 is 41.0 Å². The summed E-state index contributed by atoms with van der Waals surface area (Å²) in [5.74, 6) is -1.77. The molecule has 0 fully saturated rings. The van der Waals surface area contributed by atoms with Crippen molar-refractivity contribution in [3.63, 3.8) is 0 Å². The van der Waals surface area contributed by atoms with Crippen LogP contribution in [0.4, 0.5) is 33.6 Å². The Kier molecular flexibility index (Phi) is 9.80. The number of alkyl halides is 5. The number of carbonyl (C=O) groups excluding carboxylic acids is 2. The van der Waals surface area contributed by atoms with Gasteiger partial charge in [-0.1, -0.05) is 29.3 Å². The monoisotopic (exact) mass is 597 g/mol. The van der Waals surface area contributed by atoms with Gasteiger partial charge in [0.05, 0.1) is 32.3 Å². The molecule has 0 radical (unpaired) electrons. The summed E-state index contributed by atoms with van der Waals surface area (Å²) in [7, 11) is 2.92. The van der Waals surface area contributed by atoms with Crippen LogP contribution in [-0.2, 0) is 23.1 Å². The van der Waals surface area contributed by atoms with Crippen LogP contribution in [0.5, 0.6) is 5.75 Å². The fourth-order valence-electron chi connectivity index (χ4n) is 3.39. The van der Waals surface area contributed by atoms with Crippen LogP contribution in [0.2, 0.25) is 10.0 Å². The molecule has 3 rings (SSSR count). The van der Waals surface area contributed by atoms with E-state index in [2.05, 4.69) is 15.6 Å². The van der Waals surface area contributed by atoms with Crippen molar-refractivity contribution in [1.82, 2.24) is 20.2 Å². The third-order valence-electron chi connectivity index (χ3n) is 5.20. The Morgan fingerprint density at radius 3 is 2.51 bits per heavy atom. The van der Waals surface area contributed by atoms with Crippen molar-refractivity contribution in [3.05, 3.63) is 45.4 Å². The van der Waals surface area contributed by atoms with Gasteiger partial charge in [0.2, 0.25) is 11.9 Å². The lowest BCUT2D eigenvalue weighted by Crippen LogP contribution is -2.34. The molecule has 1 aromatic heterocycles. The van der Waals surface area contributed by atoms with E-state index in [1.165, 1.54) is 23.8 Å². The molecule has 0 saturated heterocycles. The second-order valence-electron chi connectivity index (χ2n) is 8.06. The van der Waals surface area contributed by atoms with Crippen molar-refractivity contribution in [1.29, 1.82) is 0 Å². The van der Waals surface area contributed by atoms with E-state index in [1.807, 2.05) is 0 Å². The minimum absolute atomic E-state index is 0.0661. The molecule has 3 N–H and O–H groups in total. The number of imidazole rings is 1. The first kappa shape index (κ1) is 30.2. The number of anilines is 2. The predicted molar refractivity (Wildman–Crippen MR) is 134 cm³/mol. The zero-order valence-corrected chi connectivity index (χ0v) is 21.9. The molecule has 0 unspecified atom stereocenters. The van der Waals surface area contributed by atoms with Gasteiger partial charge < -0.3 is 30.0 Å². The van der Waals surface area contributed by atoms with Crippen molar-refractivity contribution in [2.45, 2.75) is 19.1 Å². The standard InChI is InChI=1S/C23H22Cl2F5N5O4/c1-35-15-6-16(39-8-17(26)27)12(21(37)32-10-23(28,29)30)5-14(15)33-22(35)34-20-13(24)4-3-11(19(20)25)7-31-18(36)9-38-2/h3-6,17H,7-10H2,1-2H3,(H,31,36)(H,32,37)(H,33,34). The fourth-order valence-corrected chi connectivity index (χ4v) is 3.92. The Labute approximate surface area is 228 Å². The summed E-state index contributed by atoms with van der Waals surface area (Å²) in [4.78, 5) is 28.5. The lowest BCUT2D eigenvalue weighted by molar-refractivity contribution is -0.125. The van der Waals surface area contributed by atoms with E-state index in [0.29, 0.717) is 11.1 Å². The Balaban J connectivity index is 1.97. The molecule has 9 nitrogen and oxygen atoms in total. The molecule has 2 aromatic carbocycles. The Bertz CT molecular complexity index is 1370. The highest BCUT2D eigenvalue weighted by Gasteiger charge is 2.29. The summed E-state index contributed by atoms with van der Waals surface area (Å²) >= 11 is 12.8. The van der Waals surface area contributed by atoms with Crippen LogP contribution in [0.25, 0.3) is 11.0 Å². The molecule has 0 saturated carbocycles. The molecule has 39 heavy (non-hydrogen) atoms. The number of methoxy groups -OCH3 is 1. The summed E-state index contributed by atoms with van der Waals surface area (Å²) in [5.41, 5.74) is 0.758. The van der Waals surface area contributed by atoms with Crippen LogP contribution in [0.3, 0.4) is 0 Å². The SMILES string of the molecule is COCC(=O)NCc1ccc(Cl)c(Nc2nc3cc(C(=O)NCC(F)(F)F)c(OCC(F)F)cc3n2C)c1Cl. The number of rotatable bonds is 11. The molecule has 0 spiro atoms. The maximum atomic E-state index is 12.8. The second-order valence-corrected chi connectivity index (χ2v) is 8.85. The van der Waals surface area contributed by atoms with E-state index in [-0.39, 0.29) is 52.0 Å². The highest BCUT2D eigenvalue weighted by molar-refractivity contribution is 6.39. The Hall–Kier alpha value is -3.36. The summed E-state index contributed by atoms with van der Waals surface area (Å²) < 4.78 is 74.6. The third-order valence-corrected chi connectivity index (χ3v) is 5.95.